The fraction of sp³-hybridized carbons (Fsp3) is 0.280. The van der Waals surface area contributed by atoms with Gasteiger partial charge in [-0.15, -0.1) is 0 Å². The lowest BCUT2D eigenvalue weighted by atomic mass is 10.0. The molecule has 0 aromatic heterocycles. The molecule has 4 rings (SSSR count). The van der Waals surface area contributed by atoms with Gasteiger partial charge in [-0.1, -0.05) is 48.0 Å². The van der Waals surface area contributed by atoms with Crippen molar-refractivity contribution in [3.8, 4) is 5.75 Å². The largest absolute Gasteiger partial charge is 0.481 e. The molecule has 1 atom stereocenters. The average molecular weight is 437 g/mol. The van der Waals surface area contributed by atoms with E-state index in [1.54, 1.807) is 31.2 Å². The summed E-state index contributed by atoms with van der Waals surface area (Å²) in [5, 5.41) is 5.70. The van der Waals surface area contributed by atoms with Crippen molar-refractivity contribution in [2.45, 2.75) is 31.9 Å². The maximum Gasteiger partial charge on any atom is 0.260 e. The highest BCUT2D eigenvalue weighted by atomic mass is 35.5. The van der Waals surface area contributed by atoms with Crippen molar-refractivity contribution < 1.29 is 14.3 Å². The number of carbonyl (C=O) groups is 2. The third-order valence-corrected chi connectivity index (χ3v) is 5.90. The highest BCUT2D eigenvalue weighted by molar-refractivity contribution is 6.30. The number of amides is 2. The van der Waals surface area contributed by atoms with Gasteiger partial charge >= 0.3 is 0 Å². The molecule has 1 aliphatic rings. The minimum Gasteiger partial charge on any atom is -0.481 e. The lowest BCUT2D eigenvalue weighted by Gasteiger charge is -2.33. The van der Waals surface area contributed by atoms with Crippen LogP contribution in [0, 0.1) is 0 Å². The van der Waals surface area contributed by atoms with Gasteiger partial charge in [0.15, 0.2) is 6.10 Å². The maximum absolute atomic E-state index is 13.1. The van der Waals surface area contributed by atoms with Crippen molar-refractivity contribution in [2.75, 3.05) is 13.1 Å². The Morgan fingerprint density at radius 3 is 2.42 bits per heavy atom. The highest BCUT2D eigenvalue weighted by Crippen LogP contribution is 2.22. The summed E-state index contributed by atoms with van der Waals surface area (Å²) in [4.78, 5) is 27.5. The van der Waals surface area contributed by atoms with Gasteiger partial charge in [0.25, 0.3) is 11.8 Å². The minimum atomic E-state index is -0.614. The number of halogens is 1. The molecule has 0 aliphatic carbocycles. The van der Waals surface area contributed by atoms with E-state index in [4.69, 9.17) is 16.3 Å². The monoisotopic (exact) mass is 436 g/mol. The zero-order chi connectivity index (χ0) is 21.8. The SMILES string of the molecule is CC(Oc1ccc(Cl)cc1)C(=O)NC1CCN(C(=O)c2cccc3ccccc23)CC1. The number of fused-ring (bicyclic) bond motifs is 1. The average Bonchev–Trinajstić information content (AvgIpc) is 2.80. The summed E-state index contributed by atoms with van der Waals surface area (Å²) < 4.78 is 5.70. The topological polar surface area (TPSA) is 58.6 Å². The van der Waals surface area contributed by atoms with Crippen LogP contribution in [0.3, 0.4) is 0 Å². The Bertz CT molecular complexity index is 1070. The molecule has 1 heterocycles. The zero-order valence-electron chi connectivity index (χ0n) is 17.4. The molecule has 3 aromatic rings. The Balaban J connectivity index is 1.31. The van der Waals surface area contributed by atoms with Crippen molar-refractivity contribution in [2.24, 2.45) is 0 Å². The van der Waals surface area contributed by atoms with E-state index in [-0.39, 0.29) is 17.9 Å². The van der Waals surface area contributed by atoms with Gasteiger partial charge in [0.2, 0.25) is 0 Å². The molecule has 1 aliphatic heterocycles. The molecule has 3 aromatic carbocycles. The molecular weight excluding hydrogens is 412 g/mol. The number of hydrogen-bond donors (Lipinski definition) is 1. The smallest absolute Gasteiger partial charge is 0.260 e. The number of likely N-dealkylation sites (tertiary alicyclic amines) is 1. The van der Waals surface area contributed by atoms with Gasteiger partial charge in [-0.05, 0) is 60.9 Å². The number of ether oxygens (including phenoxy) is 1. The molecule has 6 heteroatoms. The summed E-state index contributed by atoms with van der Waals surface area (Å²) >= 11 is 5.88. The number of nitrogens with zero attached hydrogens (tertiary/aromatic N) is 1. The highest BCUT2D eigenvalue weighted by Gasteiger charge is 2.27. The molecule has 1 saturated heterocycles. The van der Waals surface area contributed by atoms with E-state index in [0.29, 0.717) is 23.9 Å². The summed E-state index contributed by atoms with van der Waals surface area (Å²) in [7, 11) is 0. The number of piperidine rings is 1. The van der Waals surface area contributed by atoms with Gasteiger partial charge in [-0.25, -0.2) is 0 Å². The van der Waals surface area contributed by atoms with Crippen molar-refractivity contribution in [3.63, 3.8) is 0 Å². The summed E-state index contributed by atoms with van der Waals surface area (Å²) in [6.45, 7) is 2.95. The molecule has 0 spiro atoms. The van der Waals surface area contributed by atoms with Crippen molar-refractivity contribution in [1.82, 2.24) is 10.2 Å². The number of nitrogens with one attached hydrogen (secondary N) is 1. The molecule has 2 amide bonds. The fourth-order valence-corrected chi connectivity index (χ4v) is 4.02. The van der Waals surface area contributed by atoms with Gasteiger partial charge in [0.05, 0.1) is 0 Å². The Morgan fingerprint density at radius 2 is 1.68 bits per heavy atom. The summed E-state index contributed by atoms with van der Waals surface area (Å²) in [6, 6.07) is 20.7. The van der Waals surface area contributed by atoms with Crippen LogP contribution in [0.4, 0.5) is 0 Å². The van der Waals surface area contributed by atoms with Crippen molar-refractivity contribution in [1.29, 1.82) is 0 Å². The molecule has 5 nitrogen and oxygen atoms in total. The Hall–Kier alpha value is -3.05. The first-order valence-electron chi connectivity index (χ1n) is 10.5. The van der Waals surface area contributed by atoms with Crippen LogP contribution in [0.15, 0.2) is 66.7 Å². The van der Waals surface area contributed by atoms with Crippen molar-refractivity contribution in [3.05, 3.63) is 77.3 Å². The van der Waals surface area contributed by atoms with Crippen LogP contribution in [0.5, 0.6) is 5.75 Å². The molecule has 1 fully saturated rings. The second-order valence-corrected chi connectivity index (χ2v) is 8.25. The lowest BCUT2D eigenvalue weighted by Crippen LogP contribution is -2.49. The first kappa shape index (κ1) is 21.2. The summed E-state index contributed by atoms with van der Waals surface area (Å²) in [5.41, 5.74) is 0.727. The summed E-state index contributed by atoms with van der Waals surface area (Å²) in [5.74, 6) is 0.484. The van der Waals surface area contributed by atoms with Crippen LogP contribution in [0.1, 0.15) is 30.1 Å². The molecular formula is C25H25ClN2O3. The predicted octanol–water partition coefficient (Wildman–Crippen LogP) is 4.68. The standard InChI is InChI=1S/C25H25ClN2O3/c1-17(31-21-11-9-19(26)10-12-21)24(29)27-20-13-15-28(16-14-20)25(30)23-8-4-6-18-5-2-3-7-22(18)23/h2-12,17,20H,13-16H2,1H3,(H,27,29). The first-order chi connectivity index (χ1) is 15.0. The van der Waals surface area contributed by atoms with Crippen LogP contribution in [-0.2, 0) is 4.79 Å². The lowest BCUT2D eigenvalue weighted by molar-refractivity contribution is -0.128. The minimum absolute atomic E-state index is 0.0281. The quantitative estimate of drug-likeness (QED) is 0.631. The maximum atomic E-state index is 13.1. The number of benzene rings is 3. The molecule has 160 valence electrons. The second kappa shape index (κ2) is 9.40. The Kier molecular flexibility index (Phi) is 6.42. The van der Waals surface area contributed by atoms with Gasteiger partial charge in [-0.2, -0.15) is 0 Å². The Labute approximate surface area is 186 Å². The van der Waals surface area contributed by atoms with Gasteiger partial charge < -0.3 is 15.0 Å². The van der Waals surface area contributed by atoms with Crippen LogP contribution in [0.25, 0.3) is 10.8 Å². The fourth-order valence-electron chi connectivity index (χ4n) is 3.90. The number of hydrogen-bond acceptors (Lipinski definition) is 3. The molecule has 1 unspecified atom stereocenters. The third-order valence-electron chi connectivity index (χ3n) is 5.64. The van der Waals surface area contributed by atoms with E-state index in [0.717, 1.165) is 29.2 Å². The van der Waals surface area contributed by atoms with Crippen LogP contribution in [-0.4, -0.2) is 41.9 Å². The normalized spacial score (nSPS) is 15.5. The molecule has 31 heavy (non-hydrogen) atoms. The van der Waals surface area contributed by atoms with E-state index in [1.165, 1.54) is 0 Å². The molecule has 0 radical (unpaired) electrons. The van der Waals surface area contributed by atoms with Crippen LogP contribution in [0.2, 0.25) is 5.02 Å². The zero-order valence-corrected chi connectivity index (χ0v) is 18.1. The molecule has 0 saturated carbocycles. The van der Waals surface area contributed by atoms with E-state index < -0.39 is 6.10 Å². The van der Waals surface area contributed by atoms with E-state index in [9.17, 15) is 9.59 Å². The molecule has 0 bridgehead atoms. The van der Waals surface area contributed by atoms with Gasteiger partial charge in [0, 0.05) is 29.7 Å². The third kappa shape index (κ3) is 5.00. The van der Waals surface area contributed by atoms with Gasteiger partial charge in [0.1, 0.15) is 5.75 Å². The van der Waals surface area contributed by atoms with E-state index >= 15 is 0 Å². The second-order valence-electron chi connectivity index (χ2n) is 7.82. The molecule has 1 N–H and O–H groups in total. The Morgan fingerprint density at radius 1 is 1.00 bits per heavy atom. The summed E-state index contributed by atoms with van der Waals surface area (Å²) in [6.07, 6.45) is 0.822. The number of rotatable bonds is 5. The van der Waals surface area contributed by atoms with Crippen LogP contribution < -0.4 is 10.1 Å². The predicted molar refractivity (Wildman–Crippen MR) is 123 cm³/mol. The van der Waals surface area contributed by atoms with E-state index in [1.807, 2.05) is 47.4 Å². The van der Waals surface area contributed by atoms with Crippen molar-refractivity contribution >= 4 is 34.2 Å². The number of carbonyl (C=O) groups excluding carboxylic acids is 2. The van der Waals surface area contributed by atoms with E-state index in [2.05, 4.69) is 5.32 Å². The first-order valence-corrected chi connectivity index (χ1v) is 10.9. The van der Waals surface area contributed by atoms with Gasteiger partial charge in [-0.3, -0.25) is 9.59 Å². The van der Waals surface area contributed by atoms with Crippen LogP contribution >= 0.6 is 11.6 Å².